The smallest absolute Gasteiger partial charge is 0.257 e. The second-order valence-electron chi connectivity index (χ2n) is 8.45. The van der Waals surface area contributed by atoms with E-state index in [0.29, 0.717) is 29.3 Å². The van der Waals surface area contributed by atoms with Crippen molar-refractivity contribution in [2.45, 2.75) is 32.7 Å². The second kappa shape index (κ2) is 8.93. The van der Waals surface area contributed by atoms with Crippen LogP contribution in [0.3, 0.4) is 0 Å². The molecular weight excluding hydrogens is 400 g/mol. The van der Waals surface area contributed by atoms with Crippen molar-refractivity contribution < 1.29 is 4.42 Å². The molecule has 6 nitrogen and oxygen atoms in total. The number of nitrogens with zero attached hydrogens (tertiary/aromatic N) is 3. The van der Waals surface area contributed by atoms with Crippen molar-refractivity contribution in [3.8, 4) is 22.6 Å². The molecule has 4 aromatic rings. The van der Waals surface area contributed by atoms with Gasteiger partial charge in [-0.2, -0.15) is 0 Å². The highest BCUT2D eigenvalue weighted by molar-refractivity contribution is 5.66. The van der Waals surface area contributed by atoms with Crippen LogP contribution in [0.1, 0.15) is 35.4 Å². The molecule has 32 heavy (non-hydrogen) atoms. The molecular formula is C26H26N4O2. The van der Waals surface area contributed by atoms with Crippen LogP contribution in [0.5, 0.6) is 0 Å². The van der Waals surface area contributed by atoms with E-state index >= 15 is 0 Å². The van der Waals surface area contributed by atoms with Gasteiger partial charge >= 0.3 is 0 Å². The zero-order valence-electron chi connectivity index (χ0n) is 18.2. The highest BCUT2D eigenvalue weighted by atomic mass is 16.4. The SMILES string of the molecule is Cc1cc(Cc2ncc(-c3ccnc(-c4ccc[nH]c4=O)c3)o2)cc(CN2CCCC2)c1. The van der Waals surface area contributed by atoms with E-state index < -0.39 is 0 Å². The van der Waals surface area contributed by atoms with Crippen LogP contribution in [0.4, 0.5) is 0 Å². The van der Waals surface area contributed by atoms with E-state index in [-0.39, 0.29) is 5.56 Å². The highest BCUT2D eigenvalue weighted by Gasteiger charge is 2.14. The van der Waals surface area contributed by atoms with Crippen molar-refractivity contribution >= 4 is 0 Å². The molecule has 1 fully saturated rings. The molecule has 6 heteroatoms. The van der Waals surface area contributed by atoms with E-state index in [9.17, 15) is 4.79 Å². The Hall–Kier alpha value is -3.51. The lowest BCUT2D eigenvalue weighted by Crippen LogP contribution is -2.18. The van der Waals surface area contributed by atoms with Crippen LogP contribution < -0.4 is 5.56 Å². The van der Waals surface area contributed by atoms with Crippen molar-refractivity contribution in [2.24, 2.45) is 0 Å². The number of aromatic nitrogens is 3. The maximum atomic E-state index is 12.1. The van der Waals surface area contributed by atoms with Crippen LogP contribution >= 0.6 is 0 Å². The standard InChI is InChI=1S/C26H26N4O2/c1-18-11-19(13-20(12-18)17-30-9-2-3-10-30)14-25-29-16-24(32-25)21-6-8-27-23(15-21)22-5-4-7-28-26(22)31/h4-8,11-13,15-16H,2-3,9-10,14,17H2,1H3,(H,28,31). The Morgan fingerprint density at radius 2 is 1.91 bits per heavy atom. The molecule has 5 rings (SSSR count). The van der Waals surface area contributed by atoms with Gasteiger partial charge in [-0.15, -0.1) is 0 Å². The molecule has 0 unspecified atom stereocenters. The third-order valence-electron chi connectivity index (χ3n) is 5.85. The van der Waals surface area contributed by atoms with Gasteiger partial charge in [0.25, 0.3) is 5.56 Å². The lowest BCUT2D eigenvalue weighted by molar-refractivity contribution is 0.331. The molecule has 0 spiro atoms. The number of oxazole rings is 1. The number of aryl methyl sites for hydroxylation is 1. The van der Waals surface area contributed by atoms with Crippen LogP contribution in [0.2, 0.25) is 0 Å². The van der Waals surface area contributed by atoms with Gasteiger partial charge in [0.1, 0.15) is 0 Å². The number of aromatic amines is 1. The van der Waals surface area contributed by atoms with Gasteiger partial charge in [0.2, 0.25) is 0 Å². The first kappa shape index (κ1) is 20.4. The molecule has 0 amide bonds. The molecule has 0 atom stereocenters. The summed E-state index contributed by atoms with van der Waals surface area (Å²) < 4.78 is 6.07. The molecule has 1 N–H and O–H groups in total. The molecule has 4 heterocycles. The summed E-state index contributed by atoms with van der Waals surface area (Å²) in [5.74, 6) is 1.34. The Morgan fingerprint density at radius 1 is 1.06 bits per heavy atom. The fraction of sp³-hybridized carbons (Fsp3) is 0.269. The van der Waals surface area contributed by atoms with E-state index in [1.165, 1.54) is 42.6 Å². The first-order valence-corrected chi connectivity index (χ1v) is 11.0. The molecule has 1 aromatic carbocycles. The fourth-order valence-electron chi connectivity index (χ4n) is 4.39. The molecule has 1 saturated heterocycles. The number of likely N-dealkylation sites (tertiary alicyclic amines) is 1. The van der Waals surface area contributed by atoms with Crippen molar-refractivity contribution in [1.82, 2.24) is 19.9 Å². The lowest BCUT2D eigenvalue weighted by Gasteiger charge is -2.15. The van der Waals surface area contributed by atoms with Gasteiger partial charge in [-0.3, -0.25) is 14.7 Å². The van der Waals surface area contributed by atoms with Gasteiger partial charge in [0.05, 0.1) is 17.5 Å². The van der Waals surface area contributed by atoms with Crippen LogP contribution in [0.15, 0.2) is 70.3 Å². The van der Waals surface area contributed by atoms with Gasteiger partial charge in [0, 0.05) is 30.9 Å². The van der Waals surface area contributed by atoms with Gasteiger partial charge in [-0.25, -0.2) is 4.98 Å². The average Bonchev–Trinajstić information content (AvgIpc) is 3.46. The third-order valence-corrected chi connectivity index (χ3v) is 5.85. The molecule has 0 bridgehead atoms. The van der Waals surface area contributed by atoms with Crippen molar-refractivity contribution in [3.63, 3.8) is 0 Å². The number of hydrogen-bond acceptors (Lipinski definition) is 5. The van der Waals surface area contributed by atoms with Crippen molar-refractivity contribution in [1.29, 1.82) is 0 Å². The monoisotopic (exact) mass is 426 g/mol. The quantitative estimate of drug-likeness (QED) is 0.488. The zero-order valence-corrected chi connectivity index (χ0v) is 18.2. The maximum Gasteiger partial charge on any atom is 0.257 e. The number of pyridine rings is 2. The molecule has 162 valence electrons. The average molecular weight is 427 g/mol. The fourth-order valence-corrected chi connectivity index (χ4v) is 4.39. The Morgan fingerprint density at radius 3 is 2.75 bits per heavy atom. The molecule has 1 aliphatic heterocycles. The first-order chi connectivity index (χ1) is 15.6. The van der Waals surface area contributed by atoms with E-state index in [1.54, 1.807) is 30.7 Å². The predicted molar refractivity (Wildman–Crippen MR) is 124 cm³/mol. The van der Waals surface area contributed by atoms with Crippen LogP contribution in [-0.2, 0) is 13.0 Å². The Bertz CT molecular complexity index is 1280. The van der Waals surface area contributed by atoms with Gasteiger partial charge in [0.15, 0.2) is 11.7 Å². The summed E-state index contributed by atoms with van der Waals surface area (Å²) in [6.45, 7) is 5.52. The number of benzene rings is 1. The molecule has 0 radical (unpaired) electrons. The summed E-state index contributed by atoms with van der Waals surface area (Å²) in [4.78, 5) is 26.2. The number of hydrogen-bond donors (Lipinski definition) is 1. The number of H-pyrrole nitrogens is 1. The van der Waals surface area contributed by atoms with E-state index in [0.717, 1.165) is 12.1 Å². The minimum absolute atomic E-state index is 0.167. The Balaban J connectivity index is 1.36. The first-order valence-electron chi connectivity index (χ1n) is 11.0. The van der Waals surface area contributed by atoms with Crippen molar-refractivity contribution in [2.75, 3.05) is 13.1 Å². The van der Waals surface area contributed by atoms with Gasteiger partial charge in [-0.05, 0) is 68.2 Å². The minimum atomic E-state index is -0.167. The molecule has 0 aliphatic carbocycles. The van der Waals surface area contributed by atoms with Crippen LogP contribution in [0.25, 0.3) is 22.6 Å². The Kier molecular flexibility index (Phi) is 5.69. The van der Waals surface area contributed by atoms with Crippen molar-refractivity contribution in [3.05, 3.63) is 94.0 Å². The van der Waals surface area contributed by atoms with Gasteiger partial charge in [-0.1, -0.05) is 23.8 Å². The van der Waals surface area contributed by atoms with E-state index in [2.05, 4.69) is 45.0 Å². The third kappa shape index (κ3) is 4.55. The largest absolute Gasteiger partial charge is 0.440 e. The summed E-state index contributed by atoms with van der Waals surface area (Å²) in [6, 6.07) is 14.0. The van der Waals surface area contributed by atoms with E-state index in [1.807, 2.05) is 12.1 Å². The van der Waals surface area contributed by atoms with Gasteiger partial charge < -0.3 is 9.40 Å². The molecule has 1 aliphatic rings. The summed E-state index contributed by atoms with van der Waals surface area (Å²) in [7, 11) is 0. The summed E-state index contributed by atoms with van der Waals surface area (Å²) in [5.41, 5.74) is 5.62. The normalized spacial score (nSPS) is 14.2. The molecule has 3 aromatic heterocycles. The van der Waals surface area contributed by atoms with Crippen LogP contribution in [-0.4, -0.2) is 32.9 Å². The zero-order chi connectivity index (χ0) is 21.9. The predicted octanol–water partition coefficient (Wildman–Crippen LogP) is 4.59. The topological polar surface area (TPSA) is 75.0 Å². The Labute approximate surface area is 187 Å². The van der Waals surface area contributed by atoms with E-state index in [4.69, 9.17) is 4.42 Å². The van der Waals surface area contributed by atoms with Crippen LogP contribution in [0, 0.1) is 6.92 Å². The second-order valence-corrected chi connectivity index (χ2v) is 8.45. The lowest BCUT2D eigenvalue weighted by atomic mass is 10.0. The maximum absolute atomic E-state index is 12.1. The summed E-state index contributed by atoms with van der Waals surface area (Å²) in [5, 5.41) is 0. The summed E-state index contributed by atoms with van der Waals surface area (Å²) in [6.07, 6.45) is 8.28. The highest BCUT2D eigenvalue weighted by Crippen LogP contribution is 2.25. The number of nitrogens with one attached hydrogen (secondary N) is 1. The minimum Gasteiger partial charge on any atom is -0.440 e. The number of rotatable bonds is 6. The summed E-state index contributed by atoms with van der Waals surface area (Å²) >= 11 is 0. The molecule has 0 saturated carbocycles.